The third kappa shape index (κ3) is 4.64. The van der Waals surface area contributed by atoms with Crippen molar-refractivity contribution in [2.24, 2.45) is 0 Å². The summed E-state index contributed by atoms with van der Waals surface area (Å²) in [6, 6.07) is 43.7. The van der Waals surface area contributed by atoms with E-state index in [1.807, 2.05) is 12.1 Å². The zero-order valence-electron chi connectivity index (χ0n) is 20.0. The second-order valence-corrected chi connectivity index (χ2v) is 9.09. The van der Waals surface area contributed by atoms with Crippen LogP contribution in [-0.2, 0) is 39.1 Å². The average molecular weight is 524 g/mol. The molecule has 167 valence electrons. The quantitative estimate of drug-likeness (QED) is 0.209. The zero-order chi connectivity index (χ0) is 23.1. The predicted molar refractivity (Wildman–Crippen MR) is 142 cm³/mol. The number of anilines is 3. The van der Waals surface area contributed by atoms with Gasteiger partial charge in [0, 0.05) is 38.4 Å². The molecule has 5 aromatic rings. The van der Waals surface area contributed by atoms with E-state index in [-0.39, 0.29) is 32.7 Å². The molecule has 0 aliphatic heterocycles. The van der Waals surface area contributed by atoms with Crippen LogP contribution in [-0.4, -0.2) is 0 Å². The third-order valence-corrected chi connectivity index (χ3v) is 6.60. The minimum absolute atomic E-state index is 0. The van der Waals surface area contributed by atoms with Crippen molar-refractivity contribution in [2.75, 3.05) is 4.90 Å². The fourth-order valence-electron chi connectivity index (χ4n) is 4.93. The maximum absolute atomic E-state index is 3.55. The molecule has 1 radical (unpaired) electrons. The molecule has 0 aromatic heterocycles. The van der Waals surface area contributed by atoms with Gasteiger partial charge in [0.1, 0.15) is 0 Å². The van der Waals surface area contributed by atoms with Crippen LogP contribution in [0.3, 0.4) is 0 Å². The van der Waals surface area contributed by atoms with Crippen LogP contribution in [0.25, 0.3) is 22.3 Å². The van der Waals surface area contributed by atoms with Crippen molar-refractivity contribution in [3.63, 3.8) is 0 Å². The summed E-state index contributed by atoms with van der Waals surface area (Å²) in [5.74, 6) is 0. The van der Waals surface area contributed by atoms with Gasteiger partial charge < -0.3 is 4.90 Å². The Labute approximate surface area is 233 Å². The standard InChI is InChI=1S/C33H25N.Y/c1-23-7-6-10-31(20-23)34(29-8-4-3-5-9-29)30-15-12-25(13-16-30)26-14-18-33-28(21-26)22-27-19-24(2)11-17-32(27)33;/h3-9,11-15,17-21H,22H2,1-2H3;/q-2;. The maximum Gasteiger partial charge on any atom is 0.0418 e. The normalized spacial score (nSPS) is 11.4. The van der Waals surface area contributed by atoms with E-state index in [0.29, 0.717) is 0 Å². The molecule has 0 spiro atoms. The van der Waals surface area contributed by atoms with Gasteiger partial charge in [-0.1, -0.05) is 84.0 Å². The molecule has 0 fully saturated rings. The van der Waals surface area contributed by atoms with Crippen LogP contribution >= 0.6 is 0 Å². The molecule has 6 rings (SSSR count). The van der Waals surface area contributed by atoms with Crippen LogP contribution in [0.4, 0.5) is 17.1 Å². The van der Waals surface area contributed by atoms with Gasteiger partial charge in [-0.3, -0.25) is 0 Å². The second kappa shape index (κ2) is 9.93. The summed E-state index contributed by atoms with van der Waals surface area (Å²) in [7, 11) is 0. The van der Waals surface area contributed by atoms with Gasteiger partial charge in [-0.15, -0.1) is 17.7 Å². The molecule has 0 bridgehead atoms. The predicted octanol–water partition coefficient (Wildman–Crippen LogP) is 8.61. The molecule has 5 aromatic carbocycles. The molecule has 0 saturated carbocycles. The summed E-state index contributed by atoms with van der Waals surface area (Å²) in [5, 5.41) is 0. The van der Waals surface area contributed by atoms with Gasteiger partial charge in [0.05, 0.1) is 0 Å². The molecule has 1 nitrogen and oxygen atoms in total. The Morgan fingerprint density at radius 1 is 0.629 bits per heavy atom. The van der Waals surface area contributed by atoms with Gasteiger partial charge in [0.25, 0.3) is 0 Å². The minimum atomic E-state index is 0. The first-order chi connectivity index (χ1) is 16.7. The number of para-hydroxylation sites is 1. The zero-order valence-corrected chi connectivity index (χ0v) is 22.9. The molecule has 1 aliphatic rings. The van der Waals surface area contributed by atoms with E-state index >= 15 is 0 Å². The van der Waals surface area contributed by atoms with Crippen molar-refractivity contribution in [1.29, 1.82) is 0 Å². The van der Waals surface area contributed by atoms with Crippen LogP contribution < -0.4 is 4.90 Å². The maximum atomic E-state index is 3.55. The van der Waals surface area contributed by atoms with Gasteiger partial charge in [-0.05, 0) is 47.7 Å². The Kier molecular flexibility index (Phi) is 6.74. The molecule has 35 heavy (non-hydrogen) atoms. The number of rotatable bonds is 4. The van der Waals surface area contributed by atoms with Crippen LogP contribution in [0.15, 0.2) is 103 Å². The monoisotopic (exact) mass is 524 g/mol. The molecule has 0 atom stereocenters. The van der Waals surface area contributed by atoms with Crippen molar-refractivity contribution >= 4 is 17.1 Å². The van der Waals surface area contributed by atoms with E-state index in [9.17, 15) is 0 Å². The molecule has 1 aliphatic carbocycles. The van der Waals surface area contributed by atoms with Crippen LogP contribution in [0.1, 0.15) is 22.3 Å². The van der Waals surface area contributed by atoms with Gasteiger partial charge in [0.2, 0.25) is 0 Å². The van der Waals surface area contributed by atoms with Crippen LogP contribution in [0.2, 0.25) is 0 Å². The van der Waals surface area contributed by atoms with Crippen molar-refractivity contribution in [3.05, 3.63) is 138 Å². The number of hydrogen-bond acceptors (Lipinski definition) is 1. The summed E-state index contributed by atoms with van der Waals surface area (Å²) < 4.78 is 0. The van der Waals surface area contributed by atoms with Crippen molar-refractivity contribution < 1.29 is 32.7 Å². The Morgan fingerprint density at radius 3 is 2.09 bits per heavy atom. The third-order valence-electron chi connectivity index (χ3n) is 6.60. The molecule has 0 unspecified atom stereocenters. The largest absolute Gasteiger partial charge is 0.358 e. The number of benzene rings is 5. The summed E-state index contributed by atoms with van der Waals surface area (Å²) in [5.41, 5.74) is 13.6. The van der Waals surface area contributed by atoms with Crippen molar-refractivity contribution in [3.8, 4) is 22.3 Å². The van der Waals surface area contributed by atoms with Gasteiger partial charge in [-0.2, -0.15) is 42.0 Å². The van der Waals surface area contributed by atoms with Crippen molar-refractivity contribution in [2.45, 2.75) is 20.3 Å². The van der Waals surface area contributed by atoms with E-state index in [0.717, 1.165) is 23.5 Å². The smallest absolute Gasteiger partial charge is 0.0418 e. The van der Waals surface area contributed by atoms with E-state index in [2.05, 4.69) is 122 Å². The van der Waals surface area contributed by atoms with E-state index in [1.165, 1.54) is 44.5 Å². The average Bonchev–Trinajstić information content (AvgIpc) is 3.22. The molecule has 0 N–H and O–H groups in total. The summed E-state index contributed by atoms with van der Waals surface area (Å²) >= 11 is 0. The van der Waals surface area contributed by atoms with E-state index < -0.39 is 0 Å². The van der Waals surface area contributed by atoms with Gasteiger partial charge in [0.15, 0.2) is 0 Å². The van der Waals surface area contributed by atoms with Crippen LogP contribution in [0, 0.1) is 26.0 Å². The number of nitrogens with zero attached hydrogens (tertiary/aromatic N) is 1. The summed E-state index contributed by atoms with van der Waals surface area (Å²) in [6.07, 6.45) is 1.01. The SMILES string of the molecule is Cc1cc[c-]c(N(c2[c-]cc(-c3ccc4c(c3)Cc3cc(C)ccc3-4)cc2)c2ccccc2)c1.[Y]. The Morgan fingerprint density at radius 2 is 1.34 bits per heavy atom. The Bertz CT molecular complexity index is 1490. The fraction of sp³-hybridized carbons (Fsp3) is 0.0909. The Hall–Kier alpha value is -3.00. The first kappa shape index (κ1) is 23.7. The van der Waals surface area contributed by atoms with Crippen LogP contribution in [0.5, 0.6) is 0 Å². The minimum Gasteiger partial charge on any atom is -0.358 e. The topological polar surface area (TPSA) is 3.24 Å². The first-order valence-corrected chi connectivity index (χ1v) is 11.7. The molecular formula is C33H25NY-2. The number of fused-ring (bicyclic) bond motifs is 3. The Balaban J connectivity index is 0.00000253. The molecule has 0 heterocycles. The molecule has 0 saturated heterocycles. The molecular weight excluding hydrogens is 499 g/mol. The summed E-state index contributed by atoms with van der Waals surface area (Å²) in [6.45, 7) is 4.28. The summed E-state index contributed by atoms with van der Waals surface area (Å²) in [4.78, 5) is 2.21. The van der Waals surface area contributed by atoms with Gasteiger partial charge >= 0.3 is 0 Å². The van der Waals surface area contributed by atoms with Crippen molar-refractivity contribution in [1.82, 2.24) is 0 Å². The van der Waals surface area contributed by atoms with Gasteiger partial charge in [-0.25, -0.2) is 0 Å². The number of hydrogen-bond donors (Lipinski definition) is 0. The van der Waals surface area contributed by atoms with E-state index in [1.54, 1.807) is 0 Å². The van der Waals surface area contributed by atoms with E-state index in [4.69, 9.17) is 0 Å². The second-order valence-electron chi connectivity index (χ2n) is 9.09. The molecule has 0 amide bonds. The first-order valence-electron chi connectivity index (χ1n) is 11.7. The fourth-order valence-corrected chi connectivity index (χ4v) is 4.93. The molecule has 2 heteroatoms. The number of aryl methyl sites for hydroxylation is 2.